The van der Waals surface area contributed by atoms with Crippen molar-refractivity contribution in [3.63, 3.8) is 0 Å². The molecule has 0 unspecified atom stereocenters. The fourth-order valence-corrected chi connectivity index (χ4v) is 9.30. The highest BCUT2D eigenvalue weighted by Crippen LogP contribution is 2.43. The third-order valence-electron chi connectivity index (χ3n) is 11.8. The molecule has 6 heteroatoms. The lowest BCUT2D eigenvalue weighted by molar-refractivity contribution is 1.08. The van der Waals surface area contributed by atoms with Crippen molar-refractivity contribution in [3.05, 3.63) is 200 Å². The summed E-state index contributed by atoms with van der Waals surface area (Å²) in [6, 6.07) is 66.1. The maximum Gasteiger partial charge on any atom is 0.138 e. The first kappa shape index (κ1) is 32.9. The molecule has 274 valence electrons. The van der Waals surface area contributed by atoms with Gasteiger partial charge in [0, 0.05) is 55.8 Å². The summed E-state index contributed by atoms with van der Waals surface area (Å²) in [4.78, 5) is 9.99. The Morgan fingerprint density at radius 1 is 0.356 bits per heavy atom. The number of aromatic nitrogens is 5. The van der Waals surface area contributed by atoms with Gasteiger partial charge in [-0.25, -0.2) is 9.97 Å². The minimum absolute atomic E-state index is 0.560. The van der Waals surface area contributed by atoms with Gasteiger partial charge in [-0.3, -0.25) is 9.13 Å². The molecule has 12 rings (SSSR count). The van der Waals surface area contributed by atoms with E-state index in [0.717, 1.165) is 83.4 Å². The Kier molecular flexibility index (Phi) is 7.19. The Hall–Kier alpha value is -8.27. The fourth-order valence-electron chi connectivity index (χ4n) is 9.30. The Bertz CT molecular complexity index is 3370. The van der Waals surface area contributed by atoms with Crippen LogP contribution in [0.15, 0.2) is 194 Å². The van der Waals surface area contributed by atoms with Crippen LogP contribution in [0.2, 0.25) is 0 Å². The predicted octanol–water partition coefficient (Wildman–Crippen LogP) is 13.0. The molecule has 0 saturated carbocycles. The number of para-hydroxylation sites is 6. The van der Waals surface area contributed by atoms with Gasteiger partial charge in [-0.15, -0.1) is 0 Å². The van der Waals surface area contributed by atoms with Crippen LogP contribution in [0.25, 0.3) is 105 Å². The fraction of sp³-hybridized carbons (Fsp3) is 0. The smallest absolute Gasteiger partial charge is 0.138 e. The molecule has 0 aliphatic rings. The zero-order chi connectivity index (χ0) is 39.0. The van der Waals surface area contributed by atoms with Crippen molar-refractivity contribution in [1.82, 2.24) is 23.7 Å². The first-order valence-electron chi connectivity index (χ1n) is 19.7. The van der Waals surface area contributed by atoms with Gasteiger partial charge in [-0.1, -0.05) is 109 Å². The van der Waals surface area contributed by atoms with E-state index >= 15 is 0 Å². The van der Waals surface area contributed by atoms with Gasteiger partial charge in [0.15, 0.2) is 0 Å². The van der Waals surface area contributed by atoms with E-state index in [1.165, 1.54) is 21.5 Å². The summed E-state index contributed by atoms with van der Waals surface area (Å²) in [5.41, 5.74) is 11.8. The molecule has 0 bridgehead atoms. The number of nitriles is 1. The molecule has 0 aliphatic heterocycles. The van der Waals surface area contributed by atoms with E-state index in [0.29, 0.717) is 5.56 Å². The summed E-state index contributed by atoms with van der Waals surface area (Å²) in [6.07, 6.45) is 3.77. The molecular weight excluding hydrogens is 721 g/mol. The lowest BCUT2D eigenvalue weighted by Gasteiger charge is -2.20. The lowest BCUT2D eigenvalue weighted by Crippen LogP contribution is -2.04. The van der Waals surface area contributed by atoms with Crippen LogP contribution in [0.5, 0.6) is 0 Å². The molecule has 5 aromatic heterocycles. The number of fused-ring (bicyclic) bond motifs is 9. The van der Waals surface area contributed by atoms with E-state index in [9.17, 15) is 5.26 Å². The normalized spacial score (nSPS) is 11.7. The number of hydrogen-bond acceptors (Lipinski definition) is 3. The van der Waals surface area contributed by atoms with Crippen LogP contribution >= 0.6 is 0 Å². The van der Waals surface area contributed by atoms with Crippen LogP contribution in [0.1, 0.15) is 5.56 Å². The monoisotopic (exact) mass is 752 g/mol. The van der Waals surface area contributed by atoms with Crippen molar-refractivity contribution in [2.45, 2.75) is 0 Å². The van der Waals surface area contributed by atoms with Gasteiger partial charge in [-0.05, 0) is 83.9 Å². The summed E-state index contributed by atoms with van der Waals surface area (Å²) in [5.74, 6) is 1.60. The molecule has 0 amide bonds. The number of rotatable bonds is 5. The van der Waals surface area contributed by atoms with Crippen LogP contribution in [0.3, 0.4) is 0 Å². The second-order valence-electron chi connectivity index (χ2n) is 14.9. The van der Waals surface area contributed by atoms with Gasteiger partial charge < -0.3 is 4.57 Å². The highest BCUT2D eigenvalue weighted by Gasteiger charge is 2.23. The third-order valence-corrected chi connectivity index (χ3v) is 11.8. The summed E-state index contributed by atoms with van der Waals surface area (Å²) in [6.45, 7) is 0. The maximum absolute atomic E-state index is 10.7. The minimum atomic E-state index is 0.560. The summed E-state index contributed by atoms with van der Waals surface area (Å²) < 4.78 is 6.85. The van der Waals surface area contributed by atoms with Gasteiger partial charge in [0.05, 0.1) is 50.4 Å². The minimum Gasteiger partial charge on any atom is -0.308 e. The van der Waals surface area contributed by atoms with E-state index in [-0.39, 0.29) is 0 Å². The highest BCUT2D eigenvalue weighted by atomic mass is 15.1. The zero-order valence-corrected chi connectivity index (χ0v) is 31.7. The Morgan fingerprint density at radius 3 is 0.983 bits per heavy atom. The molecule has 0 fully saturated rings. The standard InChI is InChI=1S/C53H32N6/c54-33-34-29-43(35-25-27-55-51(31-35)57-45-19-7-1-13-37(45)38-14-2-8-20-46(38)57)53(59-49-23-11-5-17-41(49)42-18-6-12-24-50(42)59)44(30-34)36-26-28-56-52(32-36)58-47-21-9-3-15-39(47)40-16-4-10-22-48(40)58/h1-32H. The number of nitrogens with zero attached hydrogens (tertiary/aromatic N) is 6. The number of benzene rings is 7. The van der Waals surface area contributed by atoms with Gasteiger partial charge in [0.2, 0.25) is 0 Å². The van der Waals surface area contributed by atoms with Crippen LogP contribution in [0, 0.1) is 11.3 Å². The topological polar surface area (TPSA) is 64.4 Å². The molecule has 6 nitrogen and oxygen atoms in total. The van der Waals surface area contributed by atoms with Gasteiger partial charge in [0.25, 0.3) is 0 Å². The first-order chi connectivity index (χ1) is 29.2. The average molecular weight is 753 g/mol. The largest absolute Gasteiger partial charge is 0.308 e. The Morgan fingerprint density at radius 2 is 0.661 bits per heavy atom. The zero-order valence-electron chi connectivity index (χ0n) is 31.7. The van der Waals surface area contributed by atoms with E-state index in [4.69, 9.17) is 9.97 Å². The highest BCUT2D eigenvalue weighted by molar-refractivity contribution is 6.12. The SMILES string of the molecule is N#Cc1cc(-c2ccnc(-n3c4ccccc4c4ccccc43)c2)c(-n2c3ccccc3c3ccccc32)c(-c2ccnc(-n3c4ccccc4c4ccccc43)c2)c1. The molecule has 0 saturated heterocycles. The van der Waals surface area contributed by atoms with Crippen molar-refractivity contribution < 1.29 is 0 Å². The van der Waals surface area contributed by atoms with Gasteiger partial charge >= 0.3 is 0 Å². The third kappa shape index (κ3) is 4.92. The summed E-state index contributed by atoms with van der Waals surface area (Å²) in [5, 5.41) is 17.7. The van der Waals surface area contributed by atoms with Crippen molar-refractivity contribution in [2.24, 2.45) is 0 Å². The van der Waals surface area contributed by atoms with Crippen LogP contribution in [-0.4, -0.2) is 23.7 Å². The summed E-state index contributed by atoms with van der Waals surface area (Å²) >= 11 is 0. The van der Waals surface area contributed by atoms with Crippen LogP contribution < -0.4 is 0 Å². The van der Waals surface area contributed by atoms with E-state index < -0.39 is 0 Å². The van der Waals surface area contributed by atoms with E-state index in [1.807, 2.05) is 24.5 Å². The van der Waals surface area contributed by atoms with Gasteiger partial charge in [-0.2, -0.15) is 5.26 Å². The molecule has 0 aliphatic carbocycles. The lowest BCUT2D eigenvalue weighted by atomic mass is 9.93. The Balaban J connectivity index is 1.17. The molecule has 5 heterocycles. The second-order valence-corrected chi connectivity index (χ2v) is 14.9. The second kappa shape index (κ2) is 12.9. The van der Waals surface area contributed by atoms with Crippen molar-refractivity contribution in [1.29, 1.82) is 5.26 Å². The molecule has 59 heavy (non-hydrogen) atoms. The molecule has 0 radical (unpaired) electrons. The van der Waals surface area contributed by atoms with Gasteiger partial charge in [0.1, 0.15) is 11.6 Å². The first-order valence-corrected chi connectivity index (χ1v) is 19.7. The molecule has 0 spiro atoms. The number of pyridine rings is 2. The Labute approximate surface area is 338 Å². The quantitative estimate of drug-likeness (QED) is 0.176. The van der Waals surface area contributed by atoms with Crippen LogP contribution in [-0.2, 0) is 0 Å². The molecular formula is C53H32N6. The molecule has 7 aromatic carbocycles. The van der Waals surface area contributed by atoms with E-state index in [2.05, 4.69) is 190 Å². The summed E-state index contributed by atoms with van der Waals surface area (Å²) in [7, 11) is 0. The number of hydrogen-bond donors (Lipinski definition) is 0. The van der Waals surface area contributed by atoms with Crippen molar-refractivity contribution in [2.75, 3.05) is 0 Å². The van der Waals surface area contributed by atoms with Crippen molar-refractivity contribution >= 4 is 65.4 Å². The maximum atomic E-state index is 10.7. The average Bonchev–Trinajstić information content (AvgIpc) is 3.95. The van der Waals surface area contributed by atoms with Crippen LogP contribution in [0.4, 0.5) is 0 Å². The molecule has 12 aromatic rings. The molecule has 0 atom stereocenters. The van der Waals surface area contributed by atoms with Crippen molar-refractivity contribution in [3.8, 4) is 45.6 Å². The predicted molar refractivity (Wildman–Crippen MR) is 241 cm³/mol. The molecule has 0 N–H and O–H groups in total. The van der Waals surface area contributed by atoms with E-state index in [1.54, 1.807) is 0 Å².